The Morgan fingerprint density at radius 2 is 2.36 bits per heavy atom. The second-order valence-electron chi connectivity index (χ2n) is 5.68. The van der Waals surface area contributed by atoms with Crippen molar-refractivity contribution < 1.29 is 9.15 Å². The highest BCUT2D eigenvalue weighted by molar-refractivity contribution is 5.13. The molecule has 0 N–H and O–H groups in total. The Balaban J connectivity index is 1.71. The van der Waals surface area contributed by atoms with Crippen molar-refractivity contribution >= 4 is 0 Å². The van der Waals surface area contributed by atoms with Crippen molar-refractivity contribution in [3.8, 4) is 0 Å². The number of hydrogen-bond donors (Lipinski definition) is 0. The summed E-state index contributed by atoms with van der Waals surface area (Å²) in [5, 5.41) is 0. The summed E-state index contributed by atoms with van der Waals surface area (Å²) >= 11 is 0. The Hall–Kier alpha value is -1.91. The zero-order chi connectivity index (χ0) is 15.2. The van der Waals surface area contributed by atoms with Crippen LogP contribution in [-0.2, 0) is 17.7 Å². The van der Waals surface area contributed by atoms with Crippen LogP contribution in [0.25, 0.3) is 0 Å². The lowest BCUT2D eigenvalue weighted by molar-refractivity contribution is 0.0421. The molecule has 4 heteroatoms. The van der Waals surface area contributed by atoms with Gasteiger partial charge >= 0.3 is 0 Å². The largest absolute Gasteiger partial charge is 0.472 e. The monoisotopic (exact) mass is 298 g/mol. The highest BCUT2D eigenvalue weighted by atomic mass is 16.5. The third-order valence-corrected chi connectivity index (χ3v) is 4.16. The fourth-order valence-corrected chi connectivity index (χ4v) is 3.11. The van der Waals surface area contributed by atoms with Gasteiger partial charge in [-0.15, -0.1) is 6.58 Å². The van der Waals surface area contributed by atoms with Crippen LogP contribution in [0.15, 0.2) is 60.2 Å². The van der Waals surface area contributed by atoms with Crippen LogP contribution in [0.4, 0.5) is 0 Å². The average molecular weight is 298 g/mol. The Bertz CT molecular complexity index is 568. The van der Waals surface area contributed by atoms with Crippen molar-refractivity contribution in [1.29, 1.82) is 0 Å². The van der Waals surface area contributed by atoms with Gasteiger partial charge in [0, 0.05) is 37.1 Å². The molecule has 0 radical (unpaired) electrons. The Morgan fingerprint density at radius 1 is 1.41 bits per heavy atom. The molecule has 3 heterocycles. The summed E-state index contributed by atoms with van der Waals surface area (Å²) in [6.45, 7) is 6.29. The molecule has 0 aliphatic carbocycles. The van der Waals surface area contributed by atoms with Gasteiger partial charge < -0.3 is 9.15 Å². The van der Waals surface area contributed by atoms with Crippen LogP contribution in [0, 0.1) is 0 Å². The molecule has 4 nitrogen and oxygen atoms in total. The minimum atomic E-state index is 0.241. The molecule has 2 aromatic rings. The summed E-state index contributed by atoms with van der Waals surface area (Å²) in [4.78, 5) is 6.70. The molecule has 2 aromatic heterocycles. The highest BCUT2D eigenvalue weighted by Crippen LogP contribution is 2.26. The standard InChI is InChI=1S/C18H22N2O2/c1-2-9-22-18-5-8-20(13-16-6-10-21-14-16)17(18)11-15-4-3-7-19-12-15/h2-4,6-7,10,12,14,17-18H,1,5,8-9,11,13H2/t17-,18-/m1/s1. The first-order valence-corrected chi connectivity index (χ1v) is 7.73. The van der Waals surface area contributed by atoms with Gasteiger partial charge in [0.25, 0.3) is 0 Å². The Kier molecular flexibility index (Phi) is 5.03. The summed E-state index contributed by atoms with van der Waals surface area (Å²) in [5.74, 6) is 0. The molecule has 0 saturated carbocycles. The first-order chi connectivity index (χ1) is 10.9. The van der Waals surface area contributed by atoms with Crippen LogP contribution in [0.3, 0.4) is 0 Å². The number of rotatable bonds is 7. The minimum absolute atomic E-state index is 0.241. The molecule has 0 bridgehead atoms. The third-order valence-electron chi connectivity index (χ3n) is 4.16. The lowest BCUT2D eigenvalue weighted by Crippen LogP contribution is -2.37. The topological polar surface area (TPSA) is 38.5 Å². The maximum absolute atomic E-state index is 5.98. The first kappa shape index (κ1) is 15.0. The van der Waals surface area contributed by atoms with Crippen LogP contribution in [0.1, 0.15) is 17.5 Å². The summed E-state index contributed by atoms with van der Waals surface area (Å²) in [5.41, 5.74) is 2.46. The van der Waals surface area contributed by atoms with Gasteiger partial charge in [0.05, 0.1) is 25.2 Å². The van der Waals surface area contributed by atoms with Crippen LogP contribution in [0.5, 0.6) is 0 Å². The normalized spacial score (nSPS) is 22.0. The lowest BCUT2D eigenvalue weighted by Gasteiger charge is -2.27. The molecule has 0 amide bonds. The van der Waals surface area contributed by atoms with Crippen molar-refractivity contribution in [2.24, 2.45) is 0 Å². The van der Waals surface area contributed by atoms with E-state index in [1.165, 1.54) is 11.1 Å². The van der Waals surface area contributed by atoms with Crippen molar-refractivity contribution in [3.05, 3.63) is 66.9 Å². The summed E-state index contributed by atoms with van der Waals surface area (Å²) in [7, 11) is 0. The van der Waals surface area contributed by atoms with E-state index >= 15 is 0 Å². The zero-order valence-corrected chi connectivity index (χ0v) is 12.7. The second kappa shape index (κ2) is 7.38. The summed E-state index contributed by atoms with van der Waals surface area (Å²) in [6, 6.07) is 6.51. The van der Waals surface area contributed by atoms with E-state index in [-0.39, 0.29) is 6.10 Å². The van der Waals surface area contributed by atoms with E-state index in [4.69, 9.17) is 9.15 Å². The summed E-state index contributed by atoms with van der Waals surface area (Å²) in [6.07, 6.45) is 11.4. The fraction of sp³-hybridized carbons (Fsp3) is 0.389. The van der Waals surface area contributed by atoms with E-state index in [1.807, 2.05) is 36.9 Å². The Morgan fingerprint density at radius 3 is 3.09 bits per heavy atom. The smallest absolute Gasteiger partial charge is 0.0947 e. The molecular formula is C18H22N2O2. The van der Waals surface area contributed by atoms with Gasteiger partial charge in [-0.05, 0) is 30.5 Å². The molecule has 1 aliphatic heterocycles. The number of aromatic nitrogens is 1. The third kappa shape index (κ3) is 3.64. The van der Waals surface area contributed by atoms with E-state index in [2.05, 4.69) is 22.5 Å². The predicted molar refractivity (Wildman–Crippen MR) is 85.4 cm³/mol. The SMILES string of the molecule is C=CCO[C@@H]1CCN(Cc2ccoc2)[C@@H]1Cc1cccnc1. The molecule has 22 heavy (non-hydrogen) atoms. The van der Waals surface area contributed by atoms with Crippen molar-refractivity contribution in [2.75, 3.05) is 13.2 Å². The molecule has 0 aromatic carbocycles. The van der Waals surface area contributed by atoms with Crippen LogP contribution in [0.2, 0.25) is 0 Å². The van der Waals surface area contributed by atoms with Gasteiger partial charge in [0.2, 0.25) is 0 Å². The fourth-order valence-electron chi connectivity index (χ4n) is 3.11. The highest BCUT2D eigenvalue weighted by Gasteiger charge is 2.34. The van der Waals surface area contributed by atoms with E-state index < -0.39 is 0 Å². The molecular weight excluding hydrogens is 276 g/mol. The van der Waals surface area contributed by atoms with Gasteiger partial charge in [0.1, 0.15) is 0 Å². The molecule has 0 unspecified atom stereocenters. The molecule has 3 rings (SSSR count). The number of hydrogen-bond acceptors (Lipinski definition) is 4. The first-order valence-electron chi connectivity index (χ1n) is 7.73. The van der Waals surface area contributed by atoms with Gasteiger partial charge in [-0.1, -0.05) is 12.1 Å². The number of pyridine rings is 1. The Labute approximate surface area is 131 Å². The molecule has 2 atom stereocenters. The average Bonchev–Trinajstić information content (AvgIpc) is 3.18. The van der Waals surface area contributed by atoms with Crippen molar-refractivity contribution in [3.63, 3.8) is 0 Å². The maximum Gasteiger partial charge on any atom is 0.0947 e. The molecule has 1 saturated heterocycles. The molecule has 1 fully saturated rings. The molecule has 116 valence electrons. The minimum Gasteiger partial charge on any atom is -0.472 e. The summed E-state index contributed by atoms with van der Waals surface area (Å²) < 4.78 is 11.2. The maximum atomic E-state index is 5.98. The van der Waals surface area contributed by atoms with E-state index in [1.54, 1.807) is 6.26 Å². The van der Waals surface area contributed by atoms with E-state index in [0.717, 1.165) is 25.9 Å². The van der Waals surface area contributed by atoms with E-state index in [9.17, 15) is 0 Å². The van der Waals surface area contributed by atoms with Gasteiger partial charge in [0.15, 0.2) is 0 Å². The number of furan rings is 1. The van der Waals surface area contributed by atoms with Crippen LogP contribution >= 0.6 is 0 Å². The zero-order valence-electron chi connectivity index (χ0n) is 12.7. The second-order valence-corrected chi connectivity index (χ2v) is 5.68. The van der Waals surface area contributed by atoms with Crippen LogP contribution in [-0.4, -0.2) is 35.2 Å². The lowest BCUT2D eigenvalue weighted by atomic mass is 10.0. The van der Waals surface area contributed by atoms with Crippen molar-refractivity contribution in [2.45, 2.75) is 31.5 Å². The number of likely N-dealkylation sites (tertiary alicyclic amines) is 1. The quantitative estimate of drug-likeness (QED) is 0.736. The predicted octanol–water partition coefficient (Wildman–Crippen LogP) is 3.06. The number of ether oxygens (including phenoxy) is 1. The molecule has 1 aliphatic rings. The van der Waals surface area contributed by atoms with E-state index in [0.29, 0.717) is 12.6 Å². The molecule has 0 spiro atoms. The number of nitrogens with zero attached hydrogens (tertiary/aromatic N) is 2. The van der Waals surface area contributed by atoms with Gasteiger partial charge in [-0.25, -0.2) is 0 Å². The van der Waals surface area contributed by atoms with Crippen LogP contribution < -0.4 is 0 Å². The van der Waals surface area contributed by atoms with Gasteiger partial charge in [-0.2, -0.15) is 0 Å². The van der Waals surface area contributed by atoms with Crippen molar-refractivity contribution in [1.82, 2.24) is 9.88 Å². The van der Waals surface area contributed by atoms with Gasteiger partial charge in [-0.3, -0.25) is 9.88 Å².